The average Bonchev–Trinajstić information content (AvgIpc) is 3.51. The number of carboxylic acids is 1. The number of benzene rings is 3. The van der Waals surface area contributed by atoms with Crippen LogP contribution in [0.1, 0.15) is 66.8 Å². The van der Waals surface area contributed by atoms with E-state index < -0.39 is 69.0 Å². The summed E-state index contributed by atoms with van der Waals surface area (Å²) in [4.78, 5) is 106. The van der Waals surface area contributed by atoms with Crippen molar-refractivity contribution in [3.05, 3.63) is 115 Å². The zero-order valence-electron chi connectivity index (χ0n) is 27.3. The molecule has 0 spiro atoms. The highest BCUT2D eigenvalue weighted by molar-refractivity contribution is 6.24. The van der Waals surface area contributed by atoms with Crippen molar-refractivity contribution >= 4 is 52.8 Å². The highest BCUT2D eigenvalue weighted by Gasteiger charge is 2.42. The third-order valence-corrected chi connectivity index (χ3v) is 7.98. The first-order valence-electron chi connectivity index (χ1n) is 15.4. The Labute approximate surface area is 293 Å². The van der Waals surface area contributed by atoms with Gasteiger partial charge in [0.25, 0.3) is 35.0 Å². The number of aliphatic carboxylic acids is 1. The Balaban J connectivity index is 0.000000251. The van der Waals surface area contributed by atoms with Crippen LogP contribution in [0.4, 0.5) is 16.2 Å². The number of nitrogens with zero attached hydrogens (tertiary/aromatic N) is 4. The van der Waals surface area contributed by atoms with Crippen LogP contribution in [0.5, 0.6) is 0 Å². The number of hydrogen-bond donors (Lipinski definition) is 3. The molecule has 0 unspecified atom stereocenters. The molecule has 0 aromatic heterocycles. The topological polar surface area (TPSA) is 280 Å². The van der Waals surface area contributed by atoms with Gasteiger partial charge in [0.2, 0.25) is 0 Å². The number of nitrogens with one attached hydrogen (secondary N) is 1. The van der Waals surface area contributed by atoms with Gasteiger partial charge in [-0.05, 0) is 37.5 Å². The number of carboxylic acid groups (broad SMARTS) is 1. The van der Waals surface area contributed by atoms with Crippen molar-refractivity contribution in [2.75, 3.05) is 13.1 Å². The standard InChI is InChI=1S/C20H17N3O8.C13H13N3O5/c24-17-13-7-4-8-15(23(29)30)16(13)18(25)22(17)10-9-14(19(26)27)21-20(28)31-11-12-5-2-1-3-6-12;1-7(17)9(14)5-6-15-12(18)8-3-2-4-10(16(20)21)11(8)13(15)19/h1-8,14H,9-11H2,(H,21,28)(H,26,27);2-4,9H,5-6,14H2,1H3/t14-;9-/m00/s1. The molecule has 5 rings (SSSR count). The molecule has 3 aromatic rings. The van der Waals surface area contributed by atoms with Crippen LogP contribution in [-0.4, -0.2) is 91.4 Å². The molecule has 2 atom stereocenters. The smallest absolute Gasteiger partial charge is 0.408 e. The molecule has 4 N–H and O–H groups in total. The molecule has 270 valence electrons. The molecule has 2 aliphatic rings. The SMILES string of the molecule is CC(=O)[C@@H](N)CCN1C(=O)c2cccc([N+](=O)[O-])c2C1=O.O=C(N[C@@H](CCN1C(=O)c2cccc([N+](=O)[O-])c2C1=O)C(=O)O)OCc1ccccc1. The molecule has 0 saturated heterocycles. The Morgan fingerprint density at radius 1 is 0.769 bits per heavy atom. The summed E-state index contributed by atoms with van der Waals surface area (Å²) in [6.07, 6.45) is -1.17. The van der Waals surface area contributed by atoms with Gasteiger partial charge in [0, 0.05) is 25.2 Å². The van der Waals surface area contributed by atoms with E-state index in [1.807, 2.05) is 0 Å². The molecule has 0 saturated carbocycles. The normalized spacial score (nSPS) is 14.1. The van der Waals surface area contributed by atoms with E-state index in [0.29, 0.717) is 5.56 Å². The maximum Gasteiger partial charge on any atom is 0.408 e. The Kier molecular flexibility index (Phi) is 11.8. The second-order valence-electron chi connectivity index (χ2n) is 11.3. The van der Waals surface area contributed by atoms with Gasteiger partial charge >= 0.3 is 12.1 Å². The number of fused-ring (bicyclic) bond motifs is 2. The zero-order valence-corrected chi connectivity index (χ0v) is 27.3. The number of carbonyl (C=O) groups excluding carboxylic acids is 6. The lowest BCUT2D eigenvalue weighted by molar-refractivity contribution is -0.385. The summed E-state index contributed by atoms with van der Waals surface area (Å²) in [6, 6.07) is 14.1. The Morgan fingerprint density at radius 3 is 1.69 bits per heavy atom. The van der Waals surface area contributed by atoms with Crippen LogP contribution in [0.15, 0.2) is 66.7 Å². The number of hydrogen-bond acceptors (Lipinski definition) is 13. The third-order valence-electron chi connectivity index (χ3n) is 7.98. The van der Waals surface area contributed by atoms with Gasteiger partial charge in [-0.3, -0.25) is 54.0 Å². The molecule has 19 nitrogen and oxygen atoms in total. The first kappa shape index (κ1) is 37.9. The molecule has 0 bridgehead atoms. The number of nitro benzene ring substituents is 2. The van der Waals surface area contributed by atoms with E-state index in [0.717, 1.165) is 15.9 Å². The van der Waals surface area contributed by atoms with Gasteiger partial charge in [-0.25, -0.2) is 9.59 Å². The maximum atomic E-state index is 12.5. The van der Waals surface area contributed by atoms with Crippen molar-refractivity contribution in [3.63, 3.8) is 0 Å². The van der Waals surface area contributed by atoms with Crippen molar-refractivity contribution < 1.29 is 53.3 Å². The van der Waals surface area contributed by atoms with Gasteiger partial charge in [-0.1, -0.05) is 42.5 Å². The van der Waals surface area contributed by atoms with Crippen molar-refractivity contribution in [3.8, 4) is 0 Å². The van der Waals surface area contributed by atoms with E-state index >= 15 is 0 Å². The second kappa shape index (κ2) is 16.2. The highest BCUT2D eigenvalue weighted by atomic mass is 16.6. The van der Waals surface area contributed by atoms with Crippen LogP contribution in [-0.2, 0) is 20.9 Å². The van der Waals surface area contributed by atoms with Gasteiger partial charge in [0.15, 0.2) is 0 Å². The second-order valence-corrected chi connectivity index (χ2v) is 11.3. The fourth-order valence-corrected chi connectivity index (χ4v) is 5.24. The molecule has 3 aromatic carbocycles. The number of nitrogens with two attached hydrogens (primary N) is 1. The number of ether oxygens (including phenoxy) is 1. The summed E-state index contributed by atoms with van der Waals surface area (Å²) in [5, 5.41) is 33.6. The number of Topliss-reactive ketones (excluding diaryl/α,β-unsaturated/α-hetero) is 1. The van der Waals surface area contributed by atoms with Crippen LogP contribution in [0, 0.1) is 20.2 Å². The molecular formula is C33H30N6O13. The quantitative estimate of drug-likeness (QED) is 0.130. The lowest BCUT2D eigenvalue weighted by atomic mass is 10.1. The minimum absolute atomic E-state index is 0.00518. The fourth-order valence-electron chi connectivity index (χ4n) is 5.24. The molecule has 2 aliphatic heterocycles. The molecule has 0 radical (unpaired) electrons. The molecule has 5 amide bonds. The van der Waals surface area contributed by atoms with E-state index in [-0.39, 0.29) is 60.6 Å². The summed E-state index contributed by atoms with van der Waals surface area (Å²) < 4.78 is 4.98. The van der Waals surface area contributed by atoms with Crippen molar-refractivity contribution in [2.24, 2.45) is 5.73 Å². The maximum absolute atomic E-state index is 12.5. The predicted octanol–water partition coefficient (Wildman–Crippen LogP) is 2.46. The monoisotopic (exact) mass is 718 g/mol. The van der Waals surface area contributed by atoms with Crippen LogP contribution in [0.25, 0.3) is 0 Å². The van der Waals surface area contributed by atoms with Crippen molar-refractivity contribution in [2.45, 2.75) is 38.5 Å². The number of ketones is 1. The summed E-state index contributed by atoms with van der Waals surface area (Å²) >= 11 is 0. The third kappa shape index (κ3) is 8.28. The van der Waals surface area contributed by atoms with Gasteiger partial charge in [-0.15, -0.1) is 0 Å². The van der Waals surface area contributed by atoms with Gasteiger partial charge < -0.3 is 20.9 Å². The van der Waals surface area contributed by atoms with Crippen LogP contribution >= 0.6 is 0 Å². The summed E-state index contributed by atoms with van der Waals surface area (Å²) in [6.45, 7) is 0.836. The van der Waals surface area contributed by atoms with Crippen LogP contribution in [0.3, 0.4) is 0 Å². The molecule has 0 aliphatic carbocycles. The fraction of sp³-hybridized carbons (Fsp3) is 0.242. The molecule has 2 heterocycles. The van der Waals surface area contributed by atoms with Gasteiger partial charge in [0.05, 0.1) is 27.0 Å². The summed E-state index contributed by atoms with van der Waals surface area (Å²) in [5.41, 5.74) is 4.71. The Hall–Kier alpha value is -6.89. The van der Waals surface area contributed by atoms with E-state index in [1.165, 1.54) is 37.3 Å². The van der Waals surface area contributed by atoms with Crippen molar-refractivity contribution in [1.82, 2.24) is 15.1 Å². The Morgan fingerprint density at radius 2 is 1.25 bits per heavy atom. The lowest BCUT2D eigenvalue weighted by Crippen LogP contribution is -2.44. The lowest BCUT2D eigenvalue weighted by Gasteiger charge is -2.18. The van der Waals surface area contributed by atoms with Gasteiger partial charge in [0.1, 0.15) is 29.6 Å². The van der Waals surface area contributed by atoms with E-state index in [1.54, 1.807) is 30.3 Å². The molecule has 52 heavy (non-hydrogen) atoms. The number of carbonyl (C=O) groups is 7. The number of alkyl carbamates (subject to hydrolysis) is 1. The average molecular weight is 719 g/mol. The van der Waals surface area contributed by atoms with Crippen LogP contribution < -0.4 is 11.1 Å². The number of imide groups is 2. The number of rotatable bonds is 13. The summed E-state index contributed by atoms with van der Waals surface area (Å²) in [7, 11) is 0. The molecule has 19 heteroatoms. The first-order valence-corrected chi connectivity index (χ1v) is 15.4. The van der Waals surface area contributed by atoms with Gasteiger partial charge in [-0.2, -0.15) is 0 Å². The van der Waals surface area contributed by atoms with E-state index in [9.17, 15) is 58.9 Å². The number of nitro groups is 2. The molecule has 0 fully saturated rings. The Bertz CT molecular complexity index is 1980. The minimum atomic E-state index is -1.44. The minimum Gasteiger partial charge on any atom is -0.480 e. The zero-order chi connectivity index (χ0) is 38.3. The van der Waals surface area contributed by atoms with Crippen LogP contribution in [0.2, 0.25) is 0 Å². The number of amides is 5. The largest absolute Gasteiger partial charge is 0.480 e. The van der Waals surface area contributed by atoms with Crippen molar-refractivity contribution in [1.29, 1.82) is 0 Å². The van der Waals surface area contributed by atoms with E-state index in [2.05, 4.69) is 5.32 Å². The summed E-state index contributed by atoms with van der Waals surface area (Å²) in [5.74, 6) is -4.62. The predicted molar refractivity (Wildman–Crippen MR) is 176 cm³/mol. The highest BCUT2D eigenvalue weighted by Crippen LogP contribution is 2.32. The van der Waals surface area contributed by atoms with E-state index in [4.69, 9.17) is 10.5 Å². The first-order chi connectivity index (χ1) is 24.6. The molecular weight excluding hydrogens is 688 g/mol.